The van der Waals surface area contributed by atoms with E-state index in [-0.39, 0.29) is 0 Å². The van der Waals surface area contributed by atoms with E-state index in [4.69, 9.17) is 0 Å². The quantitative estimate of drug-likeness (QED) is 0.928. The van der Waals surface area contributed by atoms with E-state index in [1.165, 1.54) is 35.2 Å². The van der Waals surface area contributed by atoms with Gasteiger partial charge in [-0.15, -0.1) is 0 Å². The maximum atomic E-state index is 3.52. The van der Waals surface area contributed by atoms with Crippen molar-refractivity contribution in [2.45, 2.75) is 26.3 Å². The number of rotatable bonds is 3. The van der Waals surface area contributed by atoms with Gasteiger partial charge in [0.25, 0.3) is 0 Å². The monoisotopic (exact) mass is 300 g/mol. The van der Waals surface area contributed by atoms with Gasteiger partial charge in [-0.25, -0.2) is 0 Å². The first-order chi connectivity index (χ1) is 10.3. The summed E-state index contributed by atoms with van der Waals surface area (Å²) >= 11 is 1.80. The van der Waals surface area contributed by atoms with Crippen LogP contribution in [-0.4, -0.2) is 31.1 Å². The Hall–Kier alpha value is -1.16. The van der Waals surface area contributed by atoms with Crippen molar-refractivity contribution in [1.29, 1.82) is 0 Å². The summed E-state index contributed by atoms with van der Waals surface area (Å²) in [4.78, 5) is 2.64. The van der Waals surface area contributed by atoms with Crippen LogP contribution in [-0.2, 0) is 0 Å². The average molecular weight is 300 g/mol. The maximum Gasteiger partial charge on any atom is 0.0613 e. The molecule has 0 amide bonds. The van der Waals surface area contributed by atoms with Crippen molar-refractivity contribution < 1.29 is 0 Å². The third kappa shape index (κ3) is 3.37. The SMILES string of the molecule is Cc1ccc(C)c(C(c2ccsc2)N2CCCNCC2)c1. The third-order valence-electron chi connectivity index (χ3n) is 4.33. The van der Waals surface area contributed by atoms with E-state index in [9.17, 15) is 0 Å². The fourth-order valence-electron chi connectivity index (χ4n) is 3.20. The van der Waals surface area contributed by atoms with Crippen LogP contribution < -0.4 is 5.32 Å². The minimum atomic E-state index is 0.399. The Balaban J connectivity index is 2.01. The lowest BCUT2D eigenvalue weighted by Gasteiger charge is -2.31. The highest BCUT2D eigenvalue weighted by atomic mass is 32.1. The molecule has 1 aliphatic heterocycles. The zero-order chi connectivity index (χ0) is 14.7. The molecular weight excluding hydrogens is 276 g/mol. The molecule has 1 fully saturated rings. The average Bonchev–Trinajstić information content (AvgIpc) is 2.86. The Morgan fingerprint density at radius 1 is 1.14 bits per heavy atom. The van der Waals surface area contributed by atoms with Crippen LogP contribution in [0.15, 0.2) is 35.0 Å². The van der Waals surface area contributed by atoms with Gasteiger partial charge >= 0.3 is 0 Å². The smallest absolute Gasteiger partial charge is 0.0613 e. The van der Waals surface area contributed by atoms with Gasteiger partial charge in [0.05, 0.1) is 6.04 Å². The van der Waals surface area contributed by atoms with Gasteiger partial charge in [0.15, 0.2) is 0 Å². The molecular formula is C18H24N2S. The Labute approximate surface area is 131 Å². The Morgan fingerprint density at radius 2 is 2.05 bits per heavy atom. The first kappa shape index (κ1) is 14.8. The molecule has 1 aliphatic rings. The molecule has 2 heterocycles. The molecule has 3 rings (SSSR count). The van der Waals surface area contributed by atoms with E-state index in [2.05, 4.69) is 59.1 Å². The molecule has 3 heteroatoms. The molecule has 1 N–H and O–H groups in total. The van der Waals surface area contributed by atoms with Crippen LogP contribution >= 0.6 is 11.3 Å². The van der Waals surface area contributed by atoms with E-state index in [1.807, 2.05) is 0 Å². The van der Waals surface area contributed by atoms with Gasteiger partial charge < -0.3 is 5.32 Å². The van der Waals surface area contributed by atoms with Gasteiger partial charge in [-0.2, -0.15) is 11.3 Å². The van der Waals surface area contributed by atoms with Crippen molar-refractivity contribution >= 4 is 11.3 Å². The summed E-state index contributed by atoms with van der Waals surface area (Å²) in [5.41, 5.74) is 5.66. The van der Waals surface area contributed by atoms with Gasteiger partial charge in [0.2, 0.25) is 0 Å². The van der Waals surface area contributed by atoms with Crippen molar-refractivity contribution in [3.05, 3.63) is 57.3 Å². The van der Waals surface area contributed by atoms with Gasteiger partial charge in [-0.1, -0.05) is 23.8 Å². The molecule has 2 nitrogen and oxygen atoms in total. The normalized spacial score (nSPS) is 18.4. The number of thiophene rings is 1. The highest BCUT2D eigenvalue weighted by Crippen LogP contribution is 2.33. The summed E-state index contributed by atoms with van der Waals surface area (Å²) in [6.07, 6.45) is 1.23. The minimum absolute atomic E-state index is 0.399. The van der Waals surface area contributed by atoms with E-state index >= 15 is 0 Å². The van der Waals surface area contributed by atoms with Crippen molar-refractivity contribution in [2.24, 2.45) is 0 Å². The number of nitrogens with one attached hydrogen (secondary N) is 1. The first-order valence-electron chi connectivity index (χ1n) is 7.80. The molecule has 112 valence electrons. The molecule has 0 spiro atoms. The molecule has 0 aliphatic carbocycles. The number of hydrogen-bond donors (Lipinski definition) is 1. The second-order valence-electron chi connectivity index (χ2n) is 5.96. The first-order valence-corrected chi connectivity index (χ1v) is 8.74. The van der Waals surface area contributed by atoms with Crippen molar-refractivity contribution in [2.75, 3.05) is 26.2 Å². The van der Waals surface area contributed by atoms with E-state index < -0.39 is 0 Å². The second-order valence-corrected chi connectivity index (χ2v) is 6.74. The number of hydrogen-bond acceptors (Lipinski definition) is 3. The predicted octanol–water partition coefficient (Wildman–Crippen LogP) is 3.75. The second kappa shape index (κ2) is 6.73. The third-order valence-corrected chi connectivity index (χ3v) is 5.03. The van der Waals surface area contributed by atoms with Crippen molar-refractivity contribution in [3.63, 3.8) is 0 Å². The Morgan fingerprint density at radius 3 is 2.86 bits per heavy atom. The van der Waals surface area contributed by atoms with E-state index in [0.29, 0.717) is 6.04 Å². The molecule has 1 aromatic carbocycles. The number of aryl methyl sites for hydroxylation is 2. The van der Waals surface area contributed by atoms with Gasteiger partial charge in [0.1, 0.15) is 0 Å². The van der Waals surface area contributed by atoms with E-state index in [1.54, 1.807) is 11.3 Å². The number of nitrogens with zero attached hydrogens (tertiary/aromatic N) is 1. The summed E-state index contributed by atoms with van der Waals surface area (Å²) < 4.78 is 0. The Bertz CT molecular complexity index is 569. The highest BCUT2D eigenvalue weighted by Gasteiger charge is 2.24. The van der Waals surface area contributed by atoms with Crippen LogP contribution in [0.2, 0.25) is 0 Å². The van der Waals surface area contributed by atoms with Gasteiger partial charge in [-0.3, -0.25) is 4.90 Å². The molecule has 0 bridgehead atoms. The maximum absolute atomic E-state index is 3.52. The zero-order valence-electron chi connectivity index (χ0n) is 12.9. The fraction of sp³-hybridized carbons (Fsp3) is 0.444. The molecule has 0 saturated carbocycles. The van der Waals surface area contributed by atoms with Crippen LogP contribution in [0.4, 0.5) is 0 Å². The molecule has 0 radical (unpaired) electrons. The van der Waals surface area contributed by atoms with Crippen LogP contribution in [0, 0.1) is 13.8 Å². The fourth-order valence-corrected chi connectivity index (χ4v) is 3.88. The largest absolute Gasteiger partial charge is 0.315 e. The summed E-state index contributed by atoms with van der Waals surface area (Å²) in [5, 5.41) is 8.02. The zero-order valence-corrected chi connectivity index (χ0v) is 13.7. The lowest BCUT2D eigenvalue weighted by Crippen LogP contribution is -2.33. The topological polar surface area (TPSA) is 15.3 Å². The molecule has 1 aromatic heterocycles. The molecule has 1 unspecified atom stereocenters. The predicted molar refractivity (Wildman–Crippen MR) is 91.1 cm³/mol. The van der Waals surface area contributed by atoms with Crippen molar-refractivity contribution in [3.8, 4) is 0 Å². The van der Waals surface area contributed by atoms with E-state index in [0.717, 1.165) is 19.6 Å². The van der Waals surface area contributed by atoms with Gasteiger partial charge in [0, 0.05) is 19.6 Å². The highest BCUT2D eigenvalue weighted by molar-refractivity contribution is 7.08. The summed E-state index contributed by atoms with van der Waals surface area (Å²) in [7, 11) is 0. The molecule has 21 heavy (non-hydrogen) atoms. The number of benzene rings is 1. The van der Waals surface area contributed by atoms with Crippen LogP contribution in [0.25, 0.3) is 0 Å². The van der Waals surface area contributed by atoms with Crippen molar-refractivity contribution in [1.82, 2.24) is 10.2 Å². The molecule has 2 aromatic rings. The molecule has 1 saturated heterocycles. The van der Waals surface area contributed by atoms with Crippen LogP contribution in [0.1, 0.15) is 34.7 Å². The summed E-state index contributed by atoms with van der Waals surface area (Å²) in [6.45, 7) is 8.95. The lowest BCUT2D eigenvalue weighted by molar-refractivity contribution is 0.241. The standard InChI is InChI=1S/C18H24N2S/c1-14-4-5-15(2)17(12-14)18(16-6-11-21-13-16)20-9-3-7-19-8-10-20/h4-6,11-13,18-19H,3,7-10H2,1-2H3. The Kier molecular flexibility index (Phi) is 4.73. The van der Waals surface area contributed by atoms with Crippen LogP contribution in [0.3, 0.4) is 0 Å². The lowest BCUT2D eigenvalue weighted by atomic mass is 9.93. The van der Waals surface area contributed by atoms with Crippen LogP contribution in [0.5, 0.6) is 0 Å². The summed E-state index contributed by atoms with van der Waals surface area (Å²) in [6, 6.07) is 9.54. The van der Waals surface area contributed by atoms with Gasteiger partial charge in [-0.05, 0) is 60.3 Å². The molecule has 1 atom stereocenters. The summed E-state index contributed by atoms with van der Waals surface area (Å²) in [5.74, 6) is 0. The minimum Gasteiger partial charge on any atom is -0.315 e.